The Kier molecular flexibility index (Phi) is 3.54. The van der Waals surface area contributed by atoms with Gasteiger partial charge in [-0.15, -0.1) is 0 Å². The van der Waals surface area contributed by atoms with Crippen LogP contribution in [0.15, 0.2) is 17.3 Å². The van der Waals surface area contributed by atoms with E-state index < -0.39 is 10.0 Å². The van der Waals surface area contributed by atoms with Crippen LogP contribution in [-0.4, -0.2) is 44.2 Å². The third kappa shape index (κ3) is 2.46. The molecule has 1 aliphatic rings. The van der Waals surface area contributed by atoms with Crippen molar-refractivity contribution in [2.45, 2.75) is 37.3 Å². The number of nitrogens with zero attached hydrogens (tertiary/aromatic N) is 5. The largest absolute Gasteiger partial charge is 0.263 e. The lowest BCUT2D eigenvalue weighted by atomic mass is 10.0. The van der Waals surface area contributed by atoms with Crippen molar-refractivity contribution < 1.29 is 8.42 Å². The first-order valence-corrected chi connectivity index (χ1v) is 8.33. The fourth-order valence-electron chi connectivity index (χ4n) is 2.69. The molecule has 9 heteroatoms. The summed E-state index contributed by atoms with van der Waals surface area (Å²) in [5, 5.41) is 11.1. The molecular formula is C12H18N6O2S. The average molecular weight is 310 g/mol. The lowest BCUT2D eigenvalue weighted by molar-refractivity contribution is 0.245. The minimum atomic E-state index is -3.60. The van der Waals surface area contributed by atoms with Crippen LogP contribution in [0.2, 0.25) is 0 Å². The van der Waals surface area contributed by atoms with Gasteiger partial charge in [-0.3, -0.25) is 9.78 Å². The molecule has 1 saturated heterocycles. The Bertz CT molecular complexity index is 735. The highest BCUT2D eigenvalue weighted by Gasteiger charge is 2.37. The minimum Gasteiger partial charge on any atom is -0.263 e. The van der Waals surface area contributed by atoms with Crippen molar-refractivity contribution in [3.63, 3.8) is 0 Å². The summed E-state index contributed by atoms with van der Waals surface area (Å²) in [5.74, 6) is 1.23. The van der Waals surface area contributed by atoms with Gasteiger partial charge in [-0.25, -0.2) is 13.4 Å². The van der Waals surface area contributed by atoms with E-state index in [9.17, 15) is 8.42 Å². The zero-order valence-electron chi connectivity index (χ0n) is 12.0. The standard InChI is InChI=1S/C12H18N6O2S/c1-9-14-12(16-15-9)10-5-3-4-8-18(10)21(19,20)11-6-7-13-17(11)2/h6-7,10H,3-5,8H2,1-2H3,(H,14,15,16)/t10-/m0/s1. The average Bonchev–Trinajstić information content (AvgIpc) is 3.07. The first kappa shape index (κ1) is 14.2. The molecule has 0 aromatic carbocycles. The van der Waals surface area contributed by atoms with Gasteiger partial charge in [-0.05, 0) is 25.8 Å². The first-order valence-electron chi connectivity index (χ1n) is 6.89. The number of hydrogen-bond donors (Lipinski definition) is 1. The lowest BCUT2D eigenvalue weighted by Gasteiger charge is -2.32. The molecule has 0 bridgehead atoms. The van der Waals surface area contributed by atoms with E-state index in [4.69, 9.17) is 0 Å². The fourth-order valence-corrected chi connectivity index (χ4v) is 4.45. The monoisotopic (exact) mass is 310 g/mol. The maximum atomic E-state index is 12.9. The summed E-state index contributed by atoms with van der Waals surface area (Å²) >= 11 is 0. The van der Waals surface area contributed by atoms with Crippen LogP contribution in [0.1, 0.15) is 37.0 Å². The van der Waals surface area contributed by atoms with Gasteiger partial charge in [-0.1, -0.05) is 6.42 Å². The second kappa shape index (κ2) is 5.23. The quantitative estimate of drug-likeness (QED) is 0.903. The van der Waals surface area contributed by atoms with Crippen LogP contribution in [0.25, 0.3) is 0 Å². The summed E-state index contributed by atoms with van der Waals surface area (Å²) in [6.07, 6.45) is 4.03. The highest BCUT2D eigenvalue weighted by molar-refractivity contribution is 7.89. The number of H-pyrrole nitrogens is 1. The van der Waals surface area contributed by atoms with E-state index in [1.807, 2.05) is 0 Å². The zero-order valence-corrected chi connectivity index (χ0v) is 12.8. The van der Waals surface area contributed by atoms with Crippen LogP contribution >= 0.6 is 0 Å². The molecule has 0 aliphatic carbocycles. The number of sulfonamides is 1. The Balaban J connectivity index is 2.00. The molecule has 114 valence electrons. The molecule has 0 spiro atoms. The van der Waals surface area contributed by atoms with Crippen LogP contribution < -0.4 is 0 Å². The fraction of sp³-hybridized carbons (Fsp3) is 0.583. The van der Waals surface area contributed by atoms with Crippen LogP contribution in [0.4, 0.5) is 0 Å². The lowest BCUT2D eigenvalue weighted by Crippen LogP contribution is -2.39. The predicted octanol–water partition coefficient (Wildman–Crippen LogP) is 0.763. The molecule has 0 saturated carbocycles. The van der Waals surface area contributed by atoms with Gasteiger partial charge in [0.15, 0.2) is 10.9 Å². The van der Waals surface area contributed by atoms with E-state index in [0.29, 0.717) is 18.2 Å². The van der Waals surface area contributed by atoms with E-state index in [0.717, 1.165) is 19.3 Å². The molecule has 2 aromatic rings. The van der Waals surface area contributed by atoms with Crippen molar-refractivity contribution >= 4 is 10.0 Å². The highest BCUT2D eigenvalue weighted by Crippen LogP contribution is 2.33. The zero-order chi connectivity index (χ0) is 15.0. The van der Waals surface area contributed by atoms with Crippen molar-refractivity contribution in [1.82, 2.24) is 29.3 Å². The van der Waals surface area contributed by atoms with Gasteiger partial charge in [0.05, 0.1) is 12.2 Å². The van der Waals surface area contributed by atoms with E-state index in [1.54, 1.807) is 14.0 Å². The number of piperidine rings is 1. The van der Waals surface area contributed by atoms with E-state index in [-0.39, 0.29) is 11.1 Å². The molecule has 1 aliphatic heterocycles. The van der Waals surface area contributed by atoms with Gasteiger partial charge >= 0.3 is 0 Å². The number of rotatable bonds is 3. The van der Waals surface area contributed by atoms with Crippen LogP contribution in [0.5, 0.6) is 0 Å². The molecular weight excluding hydrogens is 292 g/mol. The topological polar surface area (TPSA) is 96.8 Å². The molecule has 21 heavy (non-hydrogen) atoms. The first-order chi connectivity index (χ1) is 10.00. The predicted molar refractivity (Wildman–Crippen MR) is 74.8 cm³/mol. The van der Waals surface area contributed by atoms with Crippen LogP contribution in [0.3, 0.4) is 0 Å². The highest BCUT2D eigenvalue weighted by atomic mass is 32.2. The van der Waals surface area contributed by atoms with E-state index in [2.05, 4.69) is 20.3 Å². The molecule has 1 N–H and O–H groups in total. The van der Waals surface area contributed by atoms with Gasteiger partial charge in [-0.2, -0.15) is 14.5 Å². The molecule has 1 fully saturated rings. The van der Waals surface area contributed by atoms with E-state index >= 15 is 0 Å². The Morgan fingerprint density at radius 2 is 2.19 bits per heavy atom. The molecule has 8 nitrogen and oxygen atoms in total. The van der Waals surface area contributed by atoms with Crippen LogP contribution in [-0.2, 0) is 17.1 Å². The minimum absolute atomic E-state index is 0.196. The van der Waals surface area contributed by atoms with Gasteiger partial charge < -0.3 is 0 Å². The molecule has 2 aromatic heterocycles. The van der Waals surface area contributed by atoms with Crippen LogP contribution in [0, 0.1) is 6.92 Å². The summed E-state index contributed by atoms with van der Waals surface area (Å²) in [6, 6.07) is 1.20. The third-order valence-corrected chi connectivity index (χ3v) is 5.70. The van der Waals surface area contributed by atoms with Crippen molar-refractivity contribution in [1.29, 1.82) is 0 Å². The number of aromatic amines is 1. The Hall–Kier alpha value is -1.74. The maximum absolute atomic E-state index is 12.9. The van der Waals surface area contributed by atoms with Gasteiger partial charge in [0.25, 0.3) is 10.0 Å². The van der Waals surface area contributed by atoms with Gasteiger partial charge in [0.2, 0.25) is 0 Å². The number of aryl methyl sites for hydroxylation is 2. The van der Waals surface area contributed by atoms with Crippen molar-refractivity contribution in [2.24, 2.45) is 7.05 Å². The van der Waals surface area contributed by atoms with Crippen molar-refractivity contribution in [3.8, 4) is 0 Å². The number of nitrogens with one attached hydrogen (secondary N) is 1. The molecule has 3 heterocycles. The van der Waals surface area contributed by atoms with Gasteiger partial charge in [0.1, 0.15) is 5.82 Å². The smallest absolute Gasteiger partial charge is 0.260 e. The molecule has 3 rings (SSSR count). The van der Waals surface area contributed by atoms with E-state index in [1.165, 1.54) is 21.3 Å². The SMILES string of the molecule is Cc1nc([C@@H]2CCCCN2S(=O)(=O)c2ccnn2C)n[nH]1. The second-order valence-electron chi connectivity index (χ2n) is 5.20. The Labute approximate surface area is 123 Å². The molecule has 0 amide bonds. The summed E-state index contributed by atoms with van der Waals surface area (Å²) < 4.78 is 28.6. The summed E-state index contributed by atoms with van der Waals surface area (Å²) in [4.78, 5) is 4.31. The summed E-state index contributed by atoms with van der Waals surface area (Å²) in [5.41, 5.74) is 0. The second-order valence-corrected chi connectivity index (χ2v) is 7.04. The maximum Gasteiger partial charge on any atom is 0.260 e. The Morgan fingerprint density at radius 3 is 2.81 bits per heavy atom. The Morgan fingerprint density at radius 1 is 1.38 bits per heavy atom. The number of hydrogen-bond acceptors (Lipinski definition) is 5. The summed E-state index contributed by atoms with van der Waals surface area (Å²) in [7, 11) is -1.97. The van der Waals surface area contributed by atoms with Gasteiger partial charge in [0, 0.05) is 13.6 Å². The number of aromatic nitrogens is 5. The third-order valence-electron chi connectivity index (χ3n) is 3.72. The molecule has 0 unspecified atom stereocenters. The molecule has 0 radical (unpaired) electrons. The normalized spacial score (nSPS) is 20.8. The summed E-state index contributed by atoms with van der Waals surface area (Å²) in [6.45, 7) is 2.28. The molecule has 1 atom stereocenters. The van der Waals surface area contributed by atoms with Crippen molar-refractivity contribution in [3.05, 3.63) is 23.9 Å². The van der Waals surface area contributed by atoms with Crippen molar-refractivity contribution in [2.75, 3.05) is 6.54 Å².